The molecule has 4 aromatic rings. The van der Waals surface area contributed by atoms with Gasteiger partial charge in [0, 0.05) is 61.1 Å². The van der Waals surface area contributed by atoms with Crippen molar-refractivity contribution in [3.05, 3.63) is 84.7 Å². The van der Waals surface area contributed by atoms with Gasteiger partial charge in [-0.3, -0.25) is 9.97 Å². The molecule has 0 saturated heterocycles. The maximum absolute atomic E-state index is 4.54. The molecule has 1 unspecified atom stereocenters. The Labute approximate surface area is 158 Å². The lowest BCUT2D eigenvalue weighted by Crippen LogP contribution is -2.28. The Kier molecular flexibility index (Phi) is 5.12. The van der Waals surface area contributed by atoms with Crippen molar-refractivity contribution in [3.8, 4) is 11.4 Å². The van der Waals surface area contributed by atoms with Crippen molar-refractivity contribution in [1.82, 2.24) is 25.3 Å². The second-order valence-electron chi connectivity index (χ2n) is 6.66. The lowest BCUT2D eigenvalue weighted by atomic mass is 10.1. The molecule has 0 radical (unpaired) electrons. The first-order valence-electron chi connectivity index (χ1n) is 9.06. The van der Waals surface area contributed by atoms with Crippen molar-refractivity contribution in [2.24, 2.45) is 0 Å². The number of fused-ring (bicyclic) bond motifs is 1. The zero-order chi connectivity index (χ0) is 18.5. The van der Waals surface area contributed by atoms with Crippen LogP contribution < -0.4 is 5.32 Å². The summed E-state index contributed by atoms with van der Waals surface area (Å²) in [5.74, 6) is 0.747. The van der Waals surface area contributed by atoms with Crippen LogP contribution in [0.3, 0.4) is 0 Å². The molecule has 0 aliphatic carbocycles. The summed E-state index contributed by atoms with van der Waals surface area (Å²) in [7, 11) is 0. The first-order valence-corrected chi connectivity index (χ1v) is 9.06. The maximum atomic E-state index is 4.54. The summed E-state index contributed by atoms with van der Waals surface area (Å²) in [5, 5.41) is 5.90. The Morgan fingerprint density at radius 3 is 2.48 bits per heavy atom. The maximum Gasteiger partial charge on any atom is 0.159 e. The molecule has 0 spiro atoms. The van der Waals surface area contributed by atoms with Crippen molar-refractivity contribution >= 4 is 10.8 Å². The van der Waals surface area contributed by atoms with E-state index in [-0.39, 0.29) is 0 Å². The zero-order valence-electron chi connectivity index (χ0n) is 15.2. The molecule has 5 heteroatoms. The summed E-state index contributed by atoms with van der Waals surface area (Å²) in [6.07, 6.45) is 9.83. The average Bonchev–Trinajstić information content (AvgIpc) is 2.73. The highest BCUT2D eigenvalue weighted by molar-refractivity contribution is 5.86. The minimum absolute atomic E-state index is 0.293. The third-order valence-electron chi connectivity index (χ3n) is 4.50. The minimum Gasteiger partial charge on any atom is -0.310 e. The van der Waals surface area contributed by atoms with Gasteiger partial charge >= 0.3 is 0 Å². The van der Waals surface area contributed by atoms with Crippen LogP contribution >= 0.6 is 0 Å². The highest BCUT2D eigenvalue weighted by Gasteiger charge is 2.06. The number of nitrogens with one attached hydrogen (secondary N) is 1. The smallest absolute Gasteiger partial charge is 0.159 e. The normalized spacial score (nSPS) is 12.2. The van der Waals surface area contributed by atoms with Gasteiger partial charge < -0.3 is 5.32 Å². The fourth-order valence-corrected chi connectivity index (χ4v) is 3.04. The van der Waals surface area contributed by atoms with Gasteiger partial charge in [0.15, 0.2) is 5.82 Å². The molecule has 1 atom stereocenters. The first-order chi connectivity index (χ1) is 13.3. The van der Waals surface area contributed by atoms with Gasteiger partial charge in [0.1, 0.15) is 0 Å². The van der Waals surface area contributed by atoms with Crippen molar-refractivity contribution in [1.29, 1.82) is 0 Å². The van der Waals surface area contributed by atoms with Gasteiger partial charge in [0.2, 0.25) is 0 Å². The standard InChI is InChI=1S/C22H21N5/c1-16(10-21-15-23-8-9-24-21)25-12-17-13-26-22(27-14-17)20-7-6-18-4-2-3-5-19(18)11-20/h2-9,11,13-16,25H,10,12H2,1H3. The molecular formula is C22H21N5. The summed E-state index contributed by atoms with van der Waals surface area (Å²) in [4.78, 5) is 17.5. The molecule has 1 N–H and O–H groups in total. The van der Waals surface area contributed by atoms with E-state index in [1.54, 1.807) is 18.6 Å². The van der Waals surface area contributed by atoms with Crippen LogP contribution in [0.15, 0.2) is 73.4 Å². The highest BCUT2D eigenvalue weighted by Crippen LogP contribution is 2.21. The van der Waals surface area contributed by atoms with Crippen LogP contribution in [0.25, 0.3) is 22.2 Å². The zero-order valence-corrected chi connectivity index (χ0v) is 15.2. The third-order valence-corrected chi connectivity index (χ3v) is 4.50. The van der Waals surface area contributed by atoms with Crippen molar-refractivity contribution < 1.29 is 0 Å². The van der Waals surface area contributed by atoms with Crippen LogP contribution in [0.2, 0.25) is 0 Å². The van der Waals surface area contributed by atoms with Crippen LogP contribution in [0.5, 0.6) is 0 Å². The second-order valence-corrected chi connectivity index (χ2v) is 6.66. The first kappa shape index (κ1) is 17.2. The SMILES string of the molecule is CC(Cc1cnccn1)NCc1cnc(-c2ccc3ccccc3c2)nc1. The molecule has 5 nitrogen and oxygen atoms in total. The molecule has 4 rings (SSSR count). The molecule has 2 aromatic heterocycles. The van der Waals surface area contributed by atoms with E-state index >= 15 is 0 Å². The van der Waals surface area contributed by atoms with Crippen LogP contribution in [0, 0.1) is 0 Å². The summed E-state index contributed by atoms with van der Waals surface area (Å²) in [5.41, 5.74) is 3.08. The second kappa shape index (κ2) is 8.01. The van der Waals surface area contributed by atoms with E-state index in [1.807, 2.05) is 24.5 Å². The van der Waals surface area contributed by atoms with E-state index in [9.17, 15) is 0 Å². The summed E-state index contributed by atoms with van der Waals surface area (Å²) >= 11 is 0. The Bertz CT molecular complexity index is 1020. The largest absolute Gasteiger partial charge is 0.310 e. The van der Waals surface area contributed by atoms with Gasteiger partial charge in [-0.2, -0.15) is 0 Å². The molecule has 134 valence electrons. The van der Waals surface area contributed by atoms with Crippen molar-refractivity contribution in [2.45, 2.75) is 25.9 Å². The van der Waals surface area contributed by atoms with Crippen molar-refractivity contribution in [3.63, 3.8) is 0 Å². The topological polar surface area (TPSA) is 63.6 Å². The Balaban J connectivity index is 1.39. The molecule has 0 bridgehead atoms. The molecule has 0 saturated carbocycles. The monoisotopic (exact) mass is 355 g/mol. The van der Waals surface area contributed by atoms with Crippen LogP contribution in [-0.4, -0.2) is 26.0 Å². The third kappa shape index (κ3) is 4.33. The predicted octanol–water partition coefficient (Wildman–Crippen LogP) is 3.81. The summed E-state index contributed by atoms with van der Waals surface area (Å²) in [6.45, 7) is 2.86. The van der Waals surface area contributed by atoms with Crippen LogP contribution in [0.4, 0.5) is 0 Å². The molecular weight excluding hydrogens is 334 g/mol. The van der Waals surface area contributed by atoms with E-state index in [1.165, 1.54) is 10.8 Å². The number of benzene rings is 2. The lowest BCUT2D eigenvalue weighted by molar-refractivity contribution is 0.538. The van der Waals surface area contributed by atoms with E-state index < -0.39 is 0 Å². The molecule has 0 amide bonds. The Morgan fingerprint density at radius 2 is 1.70 bits per heavy atom. The van der Waals surface area contributed by atoms with Gasteiger partial charge in [-0.25, -0.2) is 9.97 Å². The van der Waals surface area contributed by atoms with E-state index in [0.717, 1.165) is 35.6 Å². The van der Waals surface area contributed by atoms with E-state index in [2.05, 4.69) is 62.5 Å². The molecule has 0 aliphatic rings. The van der Waals surface area contributed by atoms with E-state index in [4.69, 9.17) is 0 Å². The molecule has 0 fully saturated rings. The number of rotatable bonds is 6. The fraction of sp³-hybridized carbons (Fsp3) is 0.182. The molecule has 2 aromatic carbocycles. The van der Waals surface area contributed by atoms with E-state index in [0.29, 0.717) is 6.04 Å². The van der Waals surface area contributed by atoms with Crippen LogP contribution in [-0.2, 0) is 13.0 Å². The highest BCUT2D eigenvalue weighted by atomic mass is 14.9. The van der Waals surface area contributed by atoms with Gasteiger partial charge in [-0.05, 0) is 23.8 Å². The lowest BCUT2D eigenvalue weighted by Gasteiger charge is -2.13. The fourth-order valence-electron chi connectivity index (χ4n) is 3.04. The number of hydrogen-bond acceptors (Lipinski definition) is 5. The predicted molar refractivity (Wildman–Crippen MR) is 107 cm³/mol. The summed E-state index contributed by atoms with van der Waals surface area (Å²) in [6, 6.07) is 14.9. The summed E-state index contributed by atoms with van der Waals surface area (Å²) < 4.78 is 0. The Hall–Kier alpha value is -3.18. The molecule has 2 heterocycles. The number of nitrogens with zero attached hydrogens (tertiary/aromatic N) is 4. The quantitative estimate of drug-likeness (QED) is 0.570. The van der Waals surface area contributed by atoms with Crippen LogP contribution in [0.1, 0.15) is 18.2 Å². The van der Waals surface area contributed by atoms with Gasteiger partial charge in [-0.1, -0.05) is 36.4 Å². The van der Waals surface area contributed by atoms with Crippen molar-refractivity contribution in [2.75, 3.05) is 0 Å². The minimum atomic E-state index is 0.293. The van der Waals surface area contributed by atoms with Gasteiger partial charge in [0.05, 0.1) is 5.69 Å². The molecule has 0 aliphatic heterocycles. The number of aromatic nitrogens is 4. The Morgan fingerprint density at radius 1 is 0.889 bits per heavy atom. The average molecular weight is 355 g/mol. The van der Waals surface area contributed by atoms with Gasteiger partial charge in [0.25, 0.3) is 0 Å². The number of hydrogen-bond donors (Lipinski definition) is 1. The molecule has 27 heavy (non-hydrogen) atoms. The van der Waals surface area contributed by atoms with Gasteiger partial charge in [-0.15, -0.1) is 0 Å².